The fourth-order valence-corrected chi connectivity index (χ4v) is 5.04. The Morgan fingerprint density at radius 1 is 1.06 bits per heavy atom. The van der Waals surface area contributed by atoms with E-state index in [0.717, 1.165) is 37.8 Å². The van der Waals surface area contributed by atoms with Gasteiger partial charge in [-0.15, -0.1) is 13.2 Å². The van der Waals surface area contributed by atoms with Crippen LogP contribution in [0.3, 0.4) is 0 Å². The maximum absolute atomic E-state index is 12.7. The first-order valence-corrected chi connectivity index (χ1v) is 10.8. The smallest absolute Gasteiger partial charge is 0.405 e. The van der Waals surface area contributed by atoms with Crippen LogP contribution in [0, 0.1) is 0 Å². The second-order valence-corrected chi connectivity index (χ2v) is 8.53. The zero-order chi connectivity index (χ0) is 21.8. The quantitative estimate of drug-likeness (QED) is 0.538. The van der Waals surface area contributed by atoms with Crippen molar-refractivity contribution in [2.45, 2.75) is 62.3 Å². The molecule has 1 unspecified atom stereocenters. The van der Waals surface area contributed by atoms with Crippen molar-refractivity contribution in [2.24, 2.45) is 4.99 Å². The molecular weight excluding hydrogens is 405 g/mol. The molecule has 0 amide bonds. The molecule has 1 aromatic heterocycles. The number of para-hydroxylation sites is 1. The standard InChI is InChI=1S/C24H27F3N2O2/c25-24(26,27)31-20-8-2-1-7-19(20)17-28-15-12-22(21-9-3-6-14-29-21)13-16-30-23(18-22)10-4-5-11-23/h1-3,6-9,14,17H,4-5,10-13,15-16,18H2. The summed E-state index contributed by atoms with van der Waals surface area (Å²) in [7, 11) is 0. The molecule has 1 aromatic carbocycles. The minimum Gasteiger partial charge on any atom is -0.405 e. The van der Waals surface area contributed by atoms with Crippen molar-refractivity contribution in [2.75, 3.05) is 13.2 Å². The van der Waals surface area contributed by atoms with Gasteiger partial charge in [-0.2, -0.15) is 0 Å². The lowest BCUT2D eigenvalue weighted by molar-refractivity contribution is -0.274. The van der Waals surface area contributed by atoms with Crippen LogP contribution >= 0.6 is 0 Å². The van der Waals surface area contributed by atoms with E-state index in [4.69, 9.17) is 4.74 Å². The maximum atomic E-state index is 12.7. The minimum atomic E-state index is -4.73. The van der Waals surface area contributed by atoms with Gasteiger partial charge in [-0.1, -0.05) is 31.0 Å². The van der Waals surface area contributed by atoms with Crippen LogP contribution in [-0.4, -0.2) is 36.3 Å². The second-order valence-electron chi connectivity index (χ2n) is 8.53. The lowest BCUT2D eigenvalue weighted by Gasteiger charge is -2.46. The molecule has 2 aliphatic rings. The summed E-state index contributed by atoms with van der Waals surface area (Å²) >= 11 is 0. The molecule has 4 rings (SSSR count). The average molecular weight is 432 g/mol. The number of hydrogen-bond donors (Lipinski definition) is 0. The Hall–Kier alpha value is -2.41. The molecule has 0 N–H and O–H groups in total. The highest BCUT2D eigenvalue weighted by Gasteiger charge is 2.48. The van der Waals surface area contributed by atoms with Gasteiger partial charge in [0.1, 0.15) is 5.75 Å². The number of halogens is 3. The average Bonchev–Trinajstić information content (AvgIpc) is 3.19. The number of pyridine rings is 1. The van der Waals surface area contributed by atoms with Crippen LogP contribution in [0.25, 0.3) is 0 Å². The van der Waals surface area contributed by atoms with Crippen molar-refractivity contribution in [3.8, 4) is 5.75 Å². The fraction of sp³-hybridized carbons (Fsp3) is 0.500. The van der Waals surface area contributed by atoms with Gasteiger partial charge in [0, 0.05) is 42.2 Å². The predicted octanol–water partition coefficient (Wildman–Crippen LogP) is 5.85. The Labute approximate surface area is 180 Å². The van der Waals surface area contributed by atoms with Gasteiger partial charge in [-0.25, -0.2) is 0 Å². The SMILES string of the molecule is FC(F)(F)Oc1ccccc1C=NCCC1(c2ccccn2)CCOC2(CCCC2)C1. The monoisotopic (exact) mass is 432 g/mol. The van der Waals surface area contributed by atoms with E-state index in [1.165, 1.54) is 31.2 Å². The zero-order valence-electron chi connectivity index (χ0n) is 17.4. The number of hydrogen-bond acceptors (Lipinski definition) is 4. The molecule has 1 spiro atoms. The molecule has 1 aliphatic carbocycles. The van der Waals surface area contributed by atoms with Crippen LogP contribution in [-0.2, 0) is 10.2 Å². The van der Waals surface area contributed by atoms with Gasteiger partial charge in [-0.05, 0) is 56.4 Å². The van der Waals surface area contributed by atoms with E-state index < -0.39 is 6.36 Å². The van der Waals surface area contributed by atoms with Gasteiger partial charge in [-0.3, -0.25) is 9.98 Å². The van der Waals surface area contributed by atoms with Gasteiger partial charge in [0.2, 0.25) is 0 Å². The van der Waals surface area contributed by atoms with E-state index >= 15 is 0 Å². The molecule has 2 heterocycles. The number of benzene rings is 1. The first-order chi connectivity index (χ1) is 14.9. The number of ether oxygens (including phenoxy) is 2. The number of alkyl halides is 3. The molecule has 1 atom stereocenters. The number of rotatable bonds is 6. The molecule has 1 aliphatic heterocycles. The van der Waals surface area contributed by atoms with Gasteiger partial charge in [0.25, 0.3) is 0 Å². The fourth-order valence-electron chi connectivity index (χ4n) is 5.04. The van der Waals surface area contributed by atoms with Crippen LogP contribution in [0.5, 0.6) is 5.75 Å². The van der Waals surface area contributed by atoms with Gasteiger partial charge in [0.05, 0.1) is 5.60 Å². The Morgan fingerprint density at radius 3 is 2.58 bits per heavy atom. The van der Waals surface area contributed by atoms with Crippen LogP contribution < -0.4 is 4.74 Å². The van der Waals surface area contributed by atoms with Crippen molar-refractivity contribution < 1.29 is 22.6 Å². The molecule has 166 valence electrons. The molecule has 2 fully saturated rings. The summed E-state index contributed by atoms with van der Waals surface area (Å²) in [6.07, 6.45) is 5.65. The van der Waals surface area contributed by atoms with E-state index in [9.17, 15) is 13.2 Å². The van der Waals surface area contributed by atoms with Gasteiger partial charge >= 0.3 is 6.36 Å². The van der Waals surface area contributed by atoms with E-state index in [-0.39, 0.29) is 16.8 Å². The Kier molecular flexibility index (Phi) is 6.32. The Balaban J connectivity index is 1.51. The minimum absolute atomic E-state index is 0.0768. The zero-order valence-corrected chi connectivity index (χ0v) is 17.4. The third-order valence-corrected chi connectivity index (χ3v) is 6.47. The first kappa shape index (κ1) is 21.8. The van der Waals surface area contributed by atoms with Crippen LogP contribution in [0.2, 0.25) is 0 Å². The lowest BCUT2D eigenvalue weighted by Crippen LogP contribution is -2.46. The third kappa shape index (κ3) is 5.26. The van der Waals surface area contributed by atoms with Crippen LogP contribution in [0.4, 0.5) is 13.2 Å². The van der Waals surface area contributed by atoms with E-state index in [2.05, 4.69) is 20.8 Å². The summed E-state index contributed by atoms with van der Waals surface area (Å²) in [4.78, 5) is 9.14. The lowest BCUT2D eigenvalue weighted by atomic mass is 9.68. The summed E-state index contributed by atoms with van der Waals surface area (Å²) in [6, 6.07) is 12.0. The first-order valence-electron chi connectivity index (χ1n) is 10.8. The van der Waals surface area contributed by atoms with Crippen molar-refractivity contribution in [1.82, 2.24) is 4.98 Å². The summed E-state index contributed by atoms with van der Waals surface area (Å²) < 4.78 is 48.3. The summed E-state index contributed by atoms with van der Waals surface area (Å²) in [6.45, 7) is 1.19. The molecule has 1 saturated carbocycles. The van der Waals surface area contributed by atoms with Crippen molar-refractivity contribution in [1.29, 1.82) is 0 Å². The highest BCUT2D eigenvalue weighted by molar-refractivity contribution is 5.83. The normalized spacial score (nSPS) is 23.5. The second kappa shape index (κ2) is 8.99. The molecule has 4 nitrogen and oxygen atoms in total. The van der Waals surface area contributed by atoms with E-state index in [1.54, 1.807) is 12.1 Å². The predicted molar refractivity (Wildman–Crippen MR) is 113 cm³/mol. The van der Waals surface area contributed by atoms with Gasteiger partial charge in [0.15, 0.2) is 0 Å². The molecule has 7 heteroatoms. The van der Waals surface area contributed by atoms with Crippen molar-refractivity contribution in [3.05, 3.63) is 59.9 Å². The topological polar surface area (TPSA) is 43.7 Å². The van der Waals surface area contributed by atoms with Crippen LogP contribution in [0.15, 0.2) is 53.7 Å². The van der Waals surface area contributed by atoms with Crippen molar-refractivity contribution in [3.63, 3.8) is 0 Å². The molecule has 31 heavy (non-hydrogen) atoms. The highest BCUT2D eigenvalue weighted by Crippen LogP contribution is 2.49. The van der Waals surface area contributed by atoms with Gasteiger partial charge < -0.3 is 9.47 Å². The molecule has 0 bridgehead atoms. The maximum Gasteiger partial charge on any atom is 0.573 e. The van der Waals surface area contributed by atoms with E-state index in [1.807, 2.05) is 18.3 Å². The highest BCUT2D eigenvalue weighted by atomic mass is 19.4. The summed E-state index contributed by atoms with van der Waals surface area (Å²) in [5, 5.41) is 0. The largest absolute Gasteiger partial charge is 0.573 e. The molecular formula is C24H27F3N2O2. The summed E-state index contributed by atoms with van der Waals surface area (Å²) in [5.41, 5.74) is 1.15. The number of aromatic nitrogens is 1. The number of nitrogens with zero attached hydrogens (tertiary/aromatic N) is 2. The Morgan fingerprint density at radius 2 is 1.84 bits per heavy atom. The number of aliphatic imine (C=N–C) groups is 1. The molecule has 2 aromatic rings. The molecule has 1 saturated heterocycles. The Bertz CT molecular complexity index is 895. The van der Waals surface area contributed by atoms with E-state index in [0.29, 0.717) is 18.7 Å². The van der Waals surface area contributed by atoms with Crippen LogP contribution in [0.1, 0.15) is 56.2 Å². The van der Waals surface area contributed by atoms with Crippen molar-refractivity contribution >= 4 is 6.21 Å². The molecule has 0 radical (unpaired) electrons. The summed E-state index contributed by atoms with van der Waals surface area (Å²) in [5.74, 6) is -0.242. The third-order valence-electron chi connectivity index (χ3n) is 6.47.